The van der Waals surface area contributed by atoms with Crippen LogP contribution in [0, 0.1) is 13.8 Å². The molecule has 0 fully saturated rings. The highest BCUT2D eigenvalue weighted by atomic mass is 32.1. The summed E-state index contributed by atoms with van der Waals surface area (Å²) in [4.78, 5) is 29.9. The molecule has 0 aliphatic carbocycles. The minimum atomic E-state index is -0.459. The van der Waals surface area contributed by atoms with Crippen LogP contribution in [-0.4, -0.2) is 16.7 Å². The van der Waals surface area contributed by atoms with Crippen LogP contribution in [0.2, 0.25) is 0 Å². The number of fused-ring (bicyclic) bond motifs is 1. The number of aromatic nitrogens is 1. The van der Waals surface area contributed by atoms with Gasteiger partial charge in [0.25, 0.3) is 11.7 Å². The van der Waals surface area contributed by atoms with Crippen LogP contribution < -0.4 is 4.90 Å². The first-order valence-corrected chi connectivity index (χ1v) is 6.81. The lowest BCUT2D eigenvalue weighted by Crippen LogP contribution is -2.29. The Hall–Kier alpha value is -2.01. The third kappa shape index (κ3) is 1.86. The summed E-state index contributed by atoms with van der Waals surface area (Å²) >= 11 is 1.48. The van der Waals surface area contributed by atoms with Gasteiger partial charge in [0, 0.05) is 11.6 Å². The largest absolute Gasteiger partial charge is 0.299 e. The summed E-state index contributed by atoms with van der Waals surface area (Å²) in [5.41, 5.74) is 3.15. The normalized spacial score (nSPS) is 14.1. The van der Waals surface area contributed by atoms with Crippen molar-refractivity contribution in [2.75, 3.05) is 4.90 Å². The maximum absolute atomic E-state index is 12.1. The van der Waals surface area contributed by atoms with Gasteiger partial charge in [0.15, 0.2) is 0 Å². The van der Waals surface area contributed by atoms with Crippen LogP contribution >= 0.6 is 11.3 Å². The van der Waals surface area contributed by atoms with Crippen molar-refractivity contribution in [1.82, 2.24) is 4.98 Å². The highest BCUT2D eigenvalue weighted by molar-refractivity contribution is 7.09. The third-order valence-corrected chi connectivity index (χ3v) is 3.96. The number of Topliss-reactive ketones (excluding diaryl/α,β-unsaturated/α-hetero) is 1. The van der Waals surface area contributed by atoms with Crippen LogP contribution in [0.25, 0.3) is 0 Å². The van der Waals surface area contributed by atoms with Crippen LogP contribution in [0.5, 0.6) is 0 Å². The van der Waals surface area contributed by atoms with E-state index in [4.69, 9.17) is 0 Å². The number of anilines is 1. The second-order valence-electron chi connectivity index (χ2n) is 4.62. The van der Waals surface area contributed by atoms with E-state index in [-0.39, 0.29) is 0 Å². The van der Waals surface area contributed by atoms with Gasteiger partial charge in [-0.25, -0.2) is 4.98 Å². The molecule has 0 unspecified atom stereocenters. The van der Waals surface area contributed by atoms with Gasteiger partial charge in [0.2, 0.25) is 0 Å². The number of nitrogens with zero attached hydrogens (tertiary/aromatic N) is 2. The Bertz CT molecular complexity index is 677. The number of benzene rings is 1. The van der Waals surface area contributed by atoms with Crippen molar-refractivity contribution in [2.24, 2.45) is 0 Å². The van der Waals surface area contributed by atoms with Crippen molar-refractivity contribution >= 4 is 28.7 Å². The molecule has 0 bridgehead atoms. The molecule has 1 aromatic carbocycles. The maximum Gasteiger partial charge on any atom is 0.299 e. The summed E-state index contributed by atoms with van der Waals surface area (Å²) in [6.07, 6.45) is 1.70. The van der Waals surface area contributed by atoms with Crippen LogP contribution in [0.15, 0.2) is 23.7 Å². The Kier molecular flexibility index (Phi) is 2.71. The molecule has 1 aliphatic rings. The van der Waals surface area contributed by atoms with E-state index in [1.807, 2.05) is 31.4 Å². The van der Waals surface area contributed by atoms with Crippen molar-refractivity contribution in [2.45, 2.75) is 20.4 Å². The molecule has 5 heteroatoms. The van der Waals surface area contributed by atoms with Gasteiger partial charge >= 0.3 is 0 Å². The van der Waals surface area contributed by atoms with E-state index in [2.05, 4.69) is 4.98 Å². The molecule has 2 heterocycles. The fraction of sp³-hybridized carbons (Fsp3) is 0.214. The number of amides is 1. The molecule has 0 atom stereocenters. The van der Waals surface area contributed by atoms with Crippen molar-refractivity contribution in [3.05, 3.63) is 45.4 Å². The molecule has 0 saturated carbocycles. The molecule has 96 valence electrons. The molecule has 0 N–H and O–H groups in total. The number of carbonyl (C=O) groups excluding carboxylic acids is 2. The van der Waals surface area contributed by atoms with E-state index in [9.17, 15) is 9.59 Å². The number of rotatable bonds is 2. The maximum atomic E-state index is 12.1. The fourth-order valence-electron chi connectivity index (χ4n) is 2.42. The smallest absolute Gasteiger partial charge is 0.298 e. The first kappa shape index (κ1) is 12.0. The van der Waals surface area contributed by atoms with E-state index in [0.29, 0.717) is 17.8 Å². The summed E-state index contributed by atoms with van der Waals surface area (Å²) in [7, 11) is 0. The summed E-state index contributed by atoms with van der Waals surface area (Å²) in [5.74, 6) is -0.872. The van der Waals surface area contributed by atoms with Crippen LogP contribution in [0.3, 0.4) is 0 Å². The summed E-state index contributed by atoms with van der Waals surface area (Å²) in [6.45, 7) is 4.18. The first-order chi connectivity index (χ1) is 9.08. The van der Waals surface area contributed by atoms with E-state index < -0.39 is 11.7 Å². The van der Waals surface area contributed by atoms with Crippen molar-refractivity contribution in [1.29, 1.82) is 0 Å². The van der Waals surface area contributed by atoms with E-state index >= 15 is 0 Å². The number of carbonyl (C=O) groups is 2. The van der Waals surface area contributed by atoms with Crippen molar-refractivity contribution in [3.63, 3.8) is 0 Å². The van der Waals surface area contributed by atoms with Crippen LogP contribution in [-0.2, 0) is 11.3 Å². The molecular weight excluding hydrogens is 260 g/mol. The summed E-state index contributed by atoms with van der Waals surface area (Å²) in [5, 5.41) is 2.69. The molecule has 2 aromatic rings. The number of hydrogen-bond acceptors (Lipinski definition) is 4. The van der Waals surface area contributed by atoms with Gasteiger partial charge in [-0.2, -0.15) is 0 Å². The lowest BCUT2D eigenvalue weighted by molar-refractivity contribution is -0.114. The number of ketones is 1. The average molecular weight is 272 g/mol. The van der Waals surface area contributed by atoms with Gasteiger partial charge in [0.05, 0.1) is 17.8 Å². The molecular formula is C14H12N2O2S. The molecule has 19 heavy (non-hydrogen) atoms. The SMILES string of the molecule is Cc1cc(C)c2c(c1)N(Cc1nccs1)C(=O)C2=O. The minimum Gasteiger partial charge on any atom is -0.298 e. The average Bonchev–Trinajstić information content (AvgIpc) is 2.93. The van der Waals surface area contributed by atoms with E-state index in [0.717, 1.165) is 16.1 Å². The number of hydrogen-bond donors (Lipinski definition) is 0. The molecule has 0 saturated heterocycles. The lowest BCUT2D eigenvalue weighted by Gasteiger charge is -2.15. The lowest BCUT2D eigenvalue weighted by atomic mass is 10.0. The Morgan fingerprint density at radius 2 is 2.05 bits per heavy atom. The summed E-state index contributed by atoms with van der Waals surface area (Å²) in [6, 6.07) is 3.82. The Balaban J connectivity index is 2.09. The van der Waals surface area contributed by atoms with Gasteiger partial charge in [0.1, 0.15) is 5.01 Å². The van der Waals surface area contributed by atoms with Gasteiger partial charge in [-0.1, -0.05) is 6.07 Å². The Labute approximate surface area is 114 Å². The fourth-order valence-corrected chi connectivity index (χ4v) is 3.02. The first-order valence-electron chi connectivity index (χ1n) is 5.93. The molecule has 4 nitrogen and oxygen atoms in total. The molecule has 1 aliphatic heterocycles. The molecule has 1 aromatic heterocycles. The molecule has 3 rings (SSSR count). The number of thiazole rings is 1. The highest BCUT2D eigenvalue weighted by Crippen LogP contribution is 2.33. The van der Waals surface area contributed by atoms with Gasteiger partial charge in [-0.3, -0.25) is 14.5 Å². The Morgan fingerprint density at radius 1 is 1.26 bits per heavy atom. The number of aryl methyl sites for hydroxylation is 2. The summed E-state index contributed by atoms with van der Waals surface area (Å²) < 4.78 is 0. The predicted octanol–water partition coefficient (Wildman–Crippen LogP) is 2.49. The van der Waals surface area contributed by atoms with Crippen molar-refractivity contribution < 1.29 is 9.59 Å². The van der Waals surface area contributed by atoms with E-state index in [1.54, 1.807) is 6.20 Å². The topological polar surface area (TPSA) is 50.3 Å². The highest BCUT2D eigenvalue weighted by Gasteiger charge is 2.37. The second kappa shape index (κ2) is 4.28. The van der Waals surface area contributed by atoms with Gasteiger partial charge < -0.3 is 0 Å². The van der Waals surface area contributed by atoms with Crippen LogP contribution in [0.1, 0.15) is 26.5 Å². The van der Waals surface area contributed by atoms with Gasteiger partial charge in [-0.05, 0) is 31.0 Å². The zero-order valence-electron chi connectivity index (χ0n) is 10.6. The molecule has 1 amide bonds. The quantitative estimate of drug-likeness (QED) is 0.789. The van der Waals surface area contributed by atoms with E-state index in [1.165, 1.54) is 16.2 Å². The Morgan fingerprint density at radius 3 is 2.74 bits per heavy atom. The van der Waals surface area contributed by atoms with Crippen molar-refractivity contribution in [3.8, 4) is 0 Å². The zero-order valence-corrected chi connectivity index (χ0v) is 11.5. The molecule has 0 spiro atoms. The van der Waals surface area contributed by atoms with Crippen LogP contribution in [0.4, 0.5) is 5.69 Å². The zero-order chi connectivity index (χ0) is 13.6. The standard InChI is InChI=1S/C14H12N2O2S/c1-8-5-9(2)12-10(6-8)16(14(18)13(12)17)7-11-15-3-4-19-11/h3-6H,7H2,1-2H3. The monoisotopic (exact) mass is 272 g/mol. The molecule has 0 radical (unpaired) electrons. The minimum absolute atomic E-state index is 0.359. The predicted molar refractivity (Wildman–Crippen MR) is 73.6 cm³/mol. The second-order valence-corrected chi connectivity index (χ2v) is 5.60. The third-order valence-electron chi connectivity index (χ3n) is 3.19. The van der Waals surface area contributed by atoms with Gasteiger partial charge in [-0.15, -0.1) is 11.3 Å².